The Labute approximate surface area is 214 Å². The first-order chi connectivity index (χ1) is 16.8. The second-order valence-corrected chi connectivity index (χ2v) is 9.91. The number of benzene rings is 1. The first kappa shape index (κ1) is 26.5. The number of hydrogen-bond acceptors (Lipinski definition) is 8. The van der Waals surface area contributed by atoms with Gasteiger partial charge in [0.15, 0.2) is 11.0 Å². The van der Waals surface area contributed by atoms with Gasteiger partial charge in [0.05, 0.1) is 18.4 Å². The van der Waals surface area contributed by atoms with Crippen LogP contribution in [0.5, 0.6) is 0 Å². The maximum Gasteiger partial charge on any atom is 0.341 e. The van der Waals surface area contributed by atoms with Crippen LogP contribution >= 0.6 is 23.1 Å². The number of hydrogen-bond donors (Lipinski definition) is 1. The molecule has 0 atom stereocenters. The Morgan fingerprint density at radius 2 is 1.89 bits per heavy atom. The number of rotatable bonds is 11. The topological polar surface area (TPSA) is 89.3 Å². The monoisotopic (exact) mass is 513 g/mol. The Morgan fingerprint density at radius 1 is 1.20 bits per heavy atom. The fourth-order valence-corrected chi connectivity index (χ4v) is 5.48. The number of amides is 1. The standard InChI is InChI=1S/C25H31N5O3S2/c1-7-14-30-22(18-10-12-19(13-11-18)29(8-2)9-3)27-28-25(30)34-15-20(31)26-23-21(24(32)33-6)16(4)17(5)35-23/h7,10-13H,1,8-9,14-15H2,2-6H3,(H,26,31). The van der Waals surface area contributed by atoms with Gasteiger partial charge in [-0.2, -0.15) is 0 Å². The summed E-state index contributed by atoms with van der Waals surface area (Å²) >= 11 is 2.65. The molecule has 3 aromatic rings. The molecule has 0 radical (unpaired) electrons. The SMILES string of the molecule is C=CCn1c(SCC(=O)Nc2sc(C)c(C)c2C(=O)OC)nnc1-c1ccc(N(CC)CC)cc1. The molecule has 0 aliphatic heterocycles. The van der Waals surface area contributed by atoms with Crippen LogP contribution in [0.3, 0.4) is 0 Å². The number of esters is 1. The smallest absolute Gasteiger partial charge is 0.341 e. The predicted octanol–water partition coefficient (Wildman–Crippen LogP) is 5.17. The molecule has 3 rings (SSSR count). The number of methoxy groups -OCH3 is 1. The van der Waals surface area contributed by atoms with Gasteiger partial charge in [-0.05, 0) is 57.5 Å². The van der Waals surface area contributed by atoms with E-state index in [1.807, 2.05) is 30.5 Å². The molecule has 35 heavy (non-hydrogen) atoms. The zero-order valence-electron chi connectivity index (χ0n) is 20.8. The van der Waals surface area contributed by atoms with Crippen molar-refractivity contribution in [2.24, 2.45) is 0 Å². The second-order valence-electron chi connectivity index (χ2n) is 7.74. The minimum atomic E-state index is -0.461. The molecule has 0 saturated heterocycles. The molecule has 8 nitrogen and oxygen atoms in total. The van der Waals surface area contributed by atoms with E-state index in [0.29, 0.717) is 22.3 Å². The number of carbonyl (C=O) groups is 2. The maximum absolute atomic E-state index is 12.7. The molecule has 10 heteroatoms. The van der Waals surface area contributed by atoms with Crippen LogP contribution in [0.1, 0.15) is 34.6 Å². The largest absolute Gasteiger partial charge is 0.465 e. The van der Waals surface area contributed by atoms with Crippen molar-refractivity contribution in [3.63, 3.8) is 0 Å². The average molecular weight is 514 g/mol. The molecule has 2 heterocycles. The van der Waals surface area contributed by atoms with Crippen LogP contribution in [-0.2, 0) is 16.1 Å². The summed E-state index contributed by atoms with van der Waals surface area (Å²) < 4.78 is 6.82. The average Bonchev–Trinajstić information content (AvgIpc) is 3.38. The molecular formula is C25H31N5O3S2. The van der Waals surface area contributed by atoms with E-state index < -0.39 is 5.97 Å². The summed E-state index contributed by atoms with van der Waals surface area (Å²) in [5.41, 5.74) is 3.31. The van der Waals surface area contributed by atoms with Crippen LogP contribution in [0.2, 0.25) is 0 Å². The van der Waals surface area contributed by atoms with Crippen molar-refractivity contribution in [2.75, 3.05) is 36.2 Å². The third-order valence-electron chi connectivity index (χ3n) is 5.64. The highest BCUT2D eigenvalue weighted by atomic mass is 32.2. The van der Waals surface area contributed by atoms with Crippen molar-refractivity contribution in [2.45, 2.75) is 39.4 Å². The van der Waals surface area contributed by atoms with Crippen LogP contribution in [-0.4, -0.2) is 52.6 Å². The zero-order valence-corrected chi connectivity index (χ0v) is 22.4. The lowest BCUT2D eigenvalue weighted by molar-refractivity contribution is -0.113. The summed E-state index contributed by atoms with van der Waals surface area (Å²) in [6.07, 6.45) is 1.78. The molecule has 0 bridgehead atoms. The fourth-order valence-electron chi connectivity index (χ4n) is 3.67. The summed E-state index contributed by atoms with van der Waals surface area (Å²) in [5.74, 6) is 0.139. The summed E-state index contributed by atoms with van der Waals surface area (Å²) in [7, 11) is 1.33. The number of nitrogens with zero attached hydrogens (tertiary/aromatic N) is 4. The minimum absolute atomic E-state index is 0.118. The molecule has 1 aromatic carbocycles. The third-order valence-corrected chi connectivity index (χ3v) is 7.73. The fraction of sp³-hybridized carbons (Fsp3) is 0.360. The van der Waals surface area contributed by atoms with E-state index in [1.165, 1.54) is 30.2 Å². The van der Waals surface area contributed by atoms with Gasteiger partial charge in [-0.25, -0.2) is 4.79 Å². The Hall–Kier alpha value is -3.11. The van der Waals surface area contributed by atoms with Gasteiger partial charge in [0.1, 0.15) is 5.00 Å². The normalized spacial score (nSPS) is 10.8. The molecule has 0 aliphatic rings. The van der Waals surface area contributed by atoms with Crippen molar-refractivity contribution in [3.8, 4) is 11.4 Å². The first-order valence-corrected chi connectivity index (χ1v) is 13.1. The van der Waals surface area contributed by atoms with E-state index in [9.17, 15) is 9.59 Å². The molecule has 0 aliphatic carbocycles. The quantitative estimate of drug-likeness (QED) is 0.215. The number of thiophene rings is 1. The van der Waals surface area contributed by atoms with Crippen molar-refractivity contribution in [1.82, 2.24) is 14.8 Å². The molecule has 0 saturated carbocycles. The highest BCUT2D eigenvalue weighted by Crippen LogP contribution is 2.33. The van der Waals surface area contributed by atoms with Crippen molar-refractivity contribution in [3.05, 3.63) is 52.9 Å². The Bertz CT molecular complexity index is 1200. The molecule has 2 aromatic heterocycles. The van der Waals surface area contributed by atoms with Crippen molar-refractivity contribution < 1.29 is 14.3 Å². The molecule has 1 N–H and O–H groups in total. The lowest BCUT2D eigenvalue weighted by atomic mass is 10.1. The molecular weight excluding hydrogens is 482 g/mol. The third kappa shape index (κ3) is 5.94. The minimum Gasteiger partial charge on any atom is -0.465 e. The van der Waals surface area contributed by atoms with E-state index in [0.717, 1.165) is 40.6 Å². The summed E-state index contributed by atoms with van der Waals surface area (Å²) in [6, 6.07) is 8.24. The summed E-state index contributed by atoms with van der Waals surface area (Å²) in [4.78, 5) is 28.1. The van der Waals surface area contributed by atoms with Gasteiger partial charge < -0.3 is 15.0 Å². The van der Waals surface area contributed by atoms with Crippen molar-refractivity contribution in [1.29, 1.82) is 0 Å². The van der Waals surface area contributed by atoms with Gasteiger partial charge in [-0.15, -0.1) is 28.1 Å². The number of nitrogens with one attached hydrogen (secondary N) is 1. The lowest BCUT2D eigenvalue weighted by Gasteiger charge is -2.21. The highest BCUT2D eigenvalue weighted by molar-refractivity contribution is 7.99. The van der Waals surface area contributed by atoms with Gasteiger partial charge in [-0.3, -0.25) is 9.36 Å². The van der Waals surface area contributed by atoms with Gasteiger partial charge in [0, 0.05) is 35.8 Å². The van der Waals surface area contributed by atoms with Crippen LogP contribution in [0.15, 0.2) is 42.1 Å². The van der Waals surface area contributed by atoms with Crippen LogP contribution in [0, 0.1) is 13.8 Å². The Kier molecular flexibility index (Phi) is 9.11. The Morgan fingerprint density at radius 3 is 2.49 bits per heavy atom. The summed E-state index contributed by atoms with van der Waals surface area (Å²) in [6.45, 7) is 14.3. The van der Waals surface area contributed by atoms with Crippen LogP contribution < -0.4 is 10.2 Å². The second kappa shape index (κ2) is 12.0. The van der Waals surface area contributed by atoms with Gasteiger partial charge in [-0.1, -0.05) is 17.8 Å². The van der Waals surface area contributed by atoms with Gasteiger partial charge in [0.2, 0.25) is 5.91 Å². The number of ether oxygens (including phenoxy) is 1. The van der Waals surface area contributed by atoms with E-state index in [-0.39, 0.29) is 11.7 Å². The Balaban J connectivity index is 1.75. The van der Waals surface area contributed by atoms with E-state index in [2.05, 4.69) is 53.0 Å². The highest BCUT2D eigenvalue weighted by Gasteiger charge is 2.22. The van der Waals surface area contributed by atoms with Crippen LogP contribution in [0.25, 0.3) is 11.4 Å². The molecule has 0 spiro atoms. The van der Waals surface area contributed by atoms with Crippen LogP contribution in [0.4, 0.5) is 10.7 Å². The summed E-state index contributed by atoms with van der Waals surface area (Å²) in [5, 5.41) is 12.7. The van der Waals surface area contributed by atoms with Gasteiger partial charge in [0.25, 0.3) is 0 Å². The zero-order chi connectivity index (χ0) is 25.5. The van der Waals surface area contributed by atoms with Gasteiger partial charge >= 0.3 is 5.97 Å². The van der Waals surface area contributed by atoms with E-state index in [4.69, 9.17) is 4.74 Å². The number of carbonyl (C=O) groups excluding carboxylic acids is 2. The van der Waals surface area contributed by atoms with E-state index >= 15 is 0 Å². The lowest BCUT2D eigenvalue weighted by Crippen LogP contribution is -2.21. The maximum atomic E-state index is 12.7. The van der Waals surface area contributed by atoms with E-state index in [1.54, 1.807) is 6.08 Å². The number of aromatic nitrogens is 3. The first-order valence-electron chi connectivity index (χ1n) is 11.3. The van der Waals surface area contributed by atoms with Crippen molar-refractivity contribution >= 4 is 45.7 Å². The predicted molar refractivity (Wildman–Crippen MR) is 144 cm³/mol. The molecule has 1 amide bonds. The molecule has 0 unspecified atom stereocenters. The number of allylic oxidation sites excluding steroid dienone is 1. The molecule has 0 fully saturated rings. The number of anilines is 2. The number of aryl methyl sites for hydroxylation is 1. The molecule has 186 valence electrons. The number of thioether (sulfide) groups is 1.